The van der Waals surface area contributed by atoms with Crippen molar-refractivity contribution in [3.8, 4) is 0 Å². The fourth-order valence-electron chi connectivity index (χ4n) is 2.78. The van der Waals surface area contributed by atoms with Gasteiger partial charge >= 0.3 is 0 Å². The Morgan fingerprint density at radius 2 is 1.92 bits per heavy atom. The van der Waals surface area contributed by atoms with Crippen LogP contribution in [0.5, 0.6) is 0 Å². The predicted octanol–water partition coefficient (Wildman–Crippen LogP) is 2.38. The van der Waals surface area contributed by atoms with E-state index in [0.717, 1.165) is 11.2 Å². The van der Waals surface area contributed by atoms with Gasteiger partial charge in [0.05, 0.1) is 24.3 Å². The molecule has 1 aliphatic heterocycles. The topological polar surface area (TPSA) is 84.7 Å². The molecular weight excluding hydrogens is 382 g/mol. The molecule has 1 aliphatic rings. The lowest BCUT2D eigenvalue weighted by Crippen LogP contribution is -2.39. The van der Waals surface area contributed by atoms with E-state index in [-0.39, 0.29) is 18.1 Å². The highest BCUT2D eigenvalue weighted by molar-refractivity contribution is 7.99. The zero-order valence-electron chi connectivity index (χ0n) is 13.7. The molecule has 1 aromatic heterocycles. The number of sulfone groups is 1. The minimum absolute atomic E-state index is 0.0248. The number of nitrogens with zero attached hydrogens (tertiary/aromatic N) is 1. The summed E-state index contributed by atoms with van der Waals surface area (Å²) in [6.07, 6.45) is 1.42. The first kappa shape index (κ1) is 18.5. The average molecular weight is 402 g/mol. The van der Waals surface area contributed by atoms with Gasteiger partial charge in [-0.1, -0.05) is 30.0 Å². The van der Waals surface area contributed by atoms with Crippen molar-refractivity contribution in [1.82, 2.24) is 4.31 Å². The van der Waals surface area contributed by atoms with Crippen molar-refractivity contribution in [2.75, 3.05) is 17.8 Å². The Morgan fingerprint density at radius 3 is 2.52 bits per heavy atom. The molecule has 1 unspecified atom stereocenters. The van der Waals surface area contributed by atoms with Gasteiger partial charge in [0.2, 0.25) is 10.0 Å². The lowest BCUT2D eigenvalue weighted by atomic mass is 10.2. The second-order valence-corrected chi connectivity index (χ2v) is 11.2. The highest BCUT2D eigenvalue weighted by Crippen LogP contribution is 2.30. The third-order valence-electron chi connectivity index (χ3n) is 3.95. The molecule has 6 nitrogen and oxygen atoms in total. The molecule has 3 rings (SSSR count). The normalized spacial score (nSPS) is 20.2. The molecule has 0 spiro atoms. The van der Waals surface area contributed by atoms with Crippen molar-refractivity contribution in [2.24, 2.45) is 0 Å². The standard InChI is InChI=1S/C16H19NO5S3/c1-24(18,19)17(13-9-10-25(20,21)12-13)11-14-7-8-16(22-14)23-15-5-3-2-4-6-15/h2-8,13H,9-12H2,1H3. The Balaban J connectivity index is 1.75. The van der Waals surface area contributed by atoms with E-state index in [1.165, 1.54) is 16.1 Å². The van der Waals surface area contributed by atoms with Crippen LogP contribution in [0.2, 0.25) is 0 Å². The zero-order chi connectivity index (χ0) is 18.1. The fraction of sp³-hybridized carbons (Fsp3) is 0.375. The van der Waals surface area contributed by atoms with Gasteiger partial charge in [0.15, 0.2) is 14.9 Å². The molecule has 1 aromatic carbocycles. The highest BCUT2D eigenvalue weighted by Gasteiger charge is 2.36. The first-order chi connectivity index (χ1) is 11.7. The van der Waals surface area contributed by atoms with Crippen LogP contribution >= 0.6 is 11.8 Å². The van der Waals surface area contributed by atoms with Gasteiger partial charge in [0.1, 0.15) is 5.76 Å². The zero-order valence-corrected chi connectivity index (χ0v) is 16.1. The molecule has 0 aliphatic carbocycles. The Bertz CT molecular complexity index is 935. The minimum atomic E-state index is -3.54. The molecule has 1 atom stereocenters. The molecule has 0 saturated carbocycles. The average Bonchev–Trinajstić information content (AvgIpc) is 3.11. The van der Waals surface area contributed by atoms with Gasteiger partial charge in [0.25, 0.3) is 0 Å². The van der Waals surface area contributed by atoms with Crippen LogP contribution in [0.3, 0.4) is 0 Å². The summed E-state index contributed by atoms with van der Waals surface area (Å²) < 4.78 is 54.6. The molecular formula is C16H19NO5S3. The van der Waals surface area contributed by atoms with Crippen LogP contribution in [0, 0.1) is 0 Å². The van der Waals surface area contributed by atoms with Gasteiger partial charge in [-0.05, 0) is 30.7 Å². The van der Waals surface area contributed by atoms with Crippen molar-refractivity contribution in [3.63, 3.8) is 0 Å². The summed E-state index contributed by atoms with van der Waals surface area (Å²) in [5, 5.41) is 0.661. The number of furan rings is 1. The molecule has 0 amide bonds. The number of hydrogen-bond donors (Lipinski definition) is 0. The minimum Gasteiger partial charge on any atom is -0.453 e. The summed E-state index contributed by atoms with van der Waals surface area (Å²) in [7, 11) is -6.71. The quantitative estimate of drug-likeness (QED) is 0.739. The largest absolute Gasteiger partial charge is 0.453 e. The third-order valence-corrected chi connectivity index (χ3v) is 7.91. The predicted molar refractivity (Wildman–Crippen MR) is 96.7 cm³/mol. The van der Waals surface area contributed by atoms with E-state index in [0.29, 0.717) is 17.3 Å². The van der Waals surface area contributed by atoms with Crippen LogP contribution in [0.25, 0.3) is 0 Å². The van der Waals surface area contributed by atoms with Crippen molar-refractivity contribution < 1.29 is 21.3 Å². The van der Waals surface area contributed by atoms with E-state index in [1.54, 1.807) is 12.1 Å². The van der Waals surface area contributed by atoms with Crippen molar-refractivity contribution >= 4 is 31.6 Å². The number of sulfonamides is 1. The van der Waals surface area contributed by atoms with Crippen molar-refractivity contribution in [2.45, 2.75) is 29.0 Å². The molecule has 2 aromatic rings. The molecule has 1 saturated heterocycles. The molecule has 2 heterocycles. The van der Waals surface area contributed by atoms with E-state index in [1.807, 2.05) is 30.3 Å². The lowest BCUT2D eigenvalue weighted by molar-refractivity contribution is 0.297. The van der Waals surface area contributed by atoms with E-state index < -0.39 is 25.9 Å². The Kier molecular flexibility index (Phi) is 5.29. The van der Waals surface area contributed by atoms with Crippen LogP contribution in [-0.4, -0.2) is 44.9 Å². The van der Waals surface area contributed by atoms with Gasteiger partial charge in [0, 0.05) is 10.9 Å². The summed E-state index contributed by atoms with van der Waals surface area (Å²) >= 11 is 1.44. The van der Waals surface area contributed by atoms with Gasteiger partial charge in [-0.15, -0.1) is 0 Å². The summed E-state index contributed by atoms with van der Waals surface area (Å²) in [5.41, 5.74) is 0. The maximum absolute atomic E-state index is 12.1. The maximum atomic E-state index is 12.1. The molecule has 25 heavy (non-hydrogen) atoms. The second-order valence-electron chi connectivity index (χ2n) is 6.00. The fourth-order valence-corrected chi connectivity index (χ4v) is 6.49. The van der Waals surface area contributed by atoms with E-state index in [4.69, 9.17) is 4.42 Å². The molecule has 1 fully saturated rings. The Hall–Kier alpha value is -1.29. The number of hydrogen-bond acceptors (Lipinski definition) is 6. The van der Waals surface area contributed by atoms with Gasteiger partial charge in [-0.25, -0.2) is 16.8 Å². The lowest BCUT2D eigenvalue weighted by Gasteiger charge is -2.24. The van der Waals surface area contributed by atoms with Gasteiger partial charge in [-0.3, -0.25) is 0 Å². The number of benzene rings is 1. The first-order valence-electron chi connectivity index (χ1n) is 7.72. The number of rotatable bonds is 6. The van der Waals surface area contributed by atoms with Gasteiger partial charge in [-0.2, -0.15) is 4.31 Å². The molecule has 0 N–H and O–H groups in total. The highest BCUT2D eigenvalue weighted by atomic mass is 32.2. The van der Waals surface area contributed by atoms with Crippen LogP contribution in [0.1, 0.15) is 12.2 Å². The summed E-state index contributed by atoms with van der Waals surface area (Å²) in [6.45, 7) is 0.0361. The van der Waals surface area contributed by atoms with Crippen LogP contribution in [0.4, 0.5) is 0 Å². The molecule has 9 heteroatoms. The van der Waals surface area contributed by atoms with Gasteiger partial charge < -0.3 is 4.42 Å². The summed E-state index contributed by atoms with van der Waals surface area (Å²) in [4.78, 5) is 1.02. The SMILES string of the molecule is CS(=O)(=O)N(Cc1ccc(Sc2ccccc2)o1)C1CCS(=O)(=O)C1. The first-order valence-corrected chi connectivity index (χ1v) is 12.2. The summed E-state index contributed by atoms with van der Waals surface area (Å²) in [5.74, 6) is 0.386. The molecule has 0 radical (unpaired) electrons. The smallest absolute Gasteiger partial charge is 0.211 e. The monoisotopic (exact) mass is 401 g/mol. The van der Waals surface area contributed by atoms with Crippen LogP contribution in [-0.2, 0) is 26.4 Å². The Morgan fingerprint density at radius 1 is 1.20 bits per heavy atom. The van der Waals surface area contributed by atoms with Crippen LogP contribution < -0.4 is 0 Å². The Labute approximate surface area is 152 Å². The van der Waals surface area contributed by atoms with Crippen molar-refractivity contribution in [3.05, 3.63) is 48.2 Å². The molecule has 0 bridgehead atoms. The third kappa shape index (κ3) is 4.87. The van der Waals surface area contributed by atoms with Crippen molar-refractivity contribution in [1.29, 1.82) is 0 Å². The van der Waals surface area contributed by atoms with E-state index in [9.17, 15) is 16.8 Å². The summed E-state index contributed by atoms with van der Waals surface area (Å²) in [6, 6.07) is 12.7. The maximum Gasteiger partial charge on any atom is 0.211 e. The van der Waals surface area contributed by atoms with Crippen LogP contribution in [0.15, 0.2) is 56.9 Å². The van der Waals surface area contributed by atoms with E-state index in [2.05, 4.69) is 0 Å². The molecule has 136 valence electrons. The van der Waals surface area contributed by atoms with E-state index >= 15 is 0 Å². The second kappa shape index (κ2) is 7.14.